The first-order chi connectivity index (χ1) is 23.0. The zero-order chi connectivity index (χ0) is 34.5. The Morgan fingerprint density at radius 3 is 2.35 bits per heavy atom. The fourth-order valence-electron chi connectivity index (χ4n) is 5.05. The summed E-state index contributed by atoms with van der Waals surface area (Å²) in [6, 6.07) is 17.7. The first kappa shape index (κ1) is 33.8. The zero-order valence-electron chi connectivity index (χ0n) is 26.5. The van der Waals surface area contributed by atoms with Gasteiger partial charge in [-0.1, -0.05) is 41.7 Å². The molecule has 0 radical (unpaired) electrons. The third-order valence-corrected chi connectivity index (χ3v) is 8.85. The lowest BCUT2D eigenvalue weighted by molar-refractivity contribution is -0.137. The van der Waals surface area contributed by atoms with Crippen molar-refractivity contribution >= 4 is 46.7 Å². The van der Waals surface area contributed by atoms with Crippen LogP contribution < -0.4 is 24.4 Å². The molecule has 14 heteroatoms. The third kappa shape index (κ3) is 7.04. The molecule has 0 aliphatic carbocycles. The maximum atomic E-state index is 14.2. The second-order valence-corrected chi connectivity index (χ2v) is 12.2. The SMILES string of the molecule is CC(=O)O.COC(=O)C1=C(C)N=c2sc(=Cc3cn(-c4ccccc4)nc3-c3cccs3)c(=O)n2C1c1ccc(OC(C)=O)c(OC)c1. The standard InChI is InChI=1S/C32H26N4O6S2.C2H4O2/c1-18-27(31(39)41-4)29(20-12-13-23(42-19(2)37)24(15-20)40-3)36-30(38)26(44-32(36)33-18)16-21-17-35(22-9-6-5-7-10-22)34-28(21)25-11-8-14-43-25;1-2(3)4/h5-17,29H,1-4H3;1H3,(H,3,4). The van der Waals surface area contributed by atoms with Gasteiger partial charge in [0.1, 0.15) is 5.69 Å². The van der Waals surface area contributed by atoms with Gasteiger partial charge in [-0.2, -0.15) is 5.10 Å². The van der Waals surface area contributed by atoms with E-state index < -0.39 is 23.9 Å². The van der Waals surface area contributed by atoms with Crippen LogP contribution in [0.2, 0.25) is 0 Å². The summed E-state index contributed by atoms with van der Waals surface area (Å²) in [5, 5.41) is 14.2. The number of rotatable bonds is 7. The molecule has 1 aliphatic rings. The highest BCUT2D eigenvalue weighted by atomic mass is 32.1. The summed E-state index contributed by atoms with van der Waals surface area (Å²) >= 11 is 2.78. The molecule has 4 heterocycles. The topological polar surface area (TPSA) is 151 Å². The van der Waals surface area contributed by atoms with Crippen LogP contribution in [0.4, 0.5) is 0 Å². The number of methoxy groups -OCH3 is 2. The molecule has 246 valence electrons. The van der Waals surface area contributed by atoms with Crippen LogP contribution in [-0.2, 0) is 19.1 Å². The van der Waals surface area contributed by atoms with Gasteiger partial charge in [-0.15, -0.1) is 11.3 Å². The lowest BCUT2D eigenvalue weighted by Crippen LogP contribution is -2.39. The van der Waals surface area contributed by atoms with Crippen LogP contribution in [0.5, 0.6) is 11.5 Å². The van der Waals surface area contributed by atoms with Crippen LogP contribution in [0.25, 0.3) is 22.3 Å². The molecule has 0 saturated heterocycles. The van der Waals surface area contributed by atoms with Crippen LogP contribution in [0.15, 0.2) is 93.3 Å². The van der Waals surface area contributed by atoms with E-state index in [1.165, 1.54) is 37.0 Å². The minimum atomic E-state index is -0.870. The molecular weight excluding hydrogens is 657 g/mol. The second kappa shape index (κ2) is 14.4. The van der Waals surface area contributed by atoms with E-state index in [0.717, 1.165) is 28.7 Å². The smallest absolute Gasteiger partial charge is 0.338 e. The molecule has 1 unspecified atom stereocenters. The molecule has 0 spiro atoms. The van der Waals surface area contributed by atoms with Crippen LogP contribution in [0.3, 0.4) is 0 Å². The van der Waals surface area contributed by atoms with Gasteiger partial charge < -0.3 is 19.3 Å². The number of hydrogen-bond donors (Lipinski definition) is 1. The number of ether oxygens (including phenoxy) is 3. The predicted molar refractivity (Wildman–Crippen MR) is 180 cm³/mol. The summed E-state index contributed by atoms with van der Waals surface area (Å²) in [5.41, 5.74) is 3.24. The van der Waals surface area contributed by atoms with Crippen LogP contribution in [-0.4, -0.2) is 51.6 Å². The number of carbonyl (C=O) groups is 3. The second-order valence-electron chi connectivity index (χ2n) is 10.3. The summed E-state index contributed by atoms with van der Waals surface area (Å²) in [5.74, 6) is -1.47. The number of aromatic nitrogens is 3. The summed E-state index contributed by atoms with van der Waals surface area (Å²) in [6.07, 6.45) is 3.70. The fraction of sp³-hybridized carbons (Fsp3) is 0.176. The number of benzene rings is 2. The monoisotopic (exact) mass is 686 g/mol. The Labute approximate surface area is 282 Å². The molecule has 1 atom stereocenters. The van der Waals surface area contributed by atoms with Crippen molar-refractivity contribution in [1.29, 1.82) is 0 Å². The molecule has 0 bridgehead atoms. The normalized spacial score (nSPS) is 13.9. The van der Waals surface area contributed by atoms with E-state index in [1.54, 1.807) is 41.1 Å². The lowest BCUT2D eigenvalue weighted by atomic mass is 9.95. The van der Waals surface area contributed by atoms with E-state index in [0.29, 0.717) is 20.6 Å². The number of para-hydroxylation sites is 1. The van der Waals surface area contributed by atoms with Gasteiger partial charge >= 0.3 is 11.9 Å². The van der Waals surface area contributed by atoms with Gasteiger partial charge in [0, 0.05) is 25.6 Å². The molecule has 1 aliphatic heterocycles. The molecule has 0 fully saturated rings. The van der Waals surface area contributed by atoms with E-state index >= 15 is 0 Å². The molecule has 48 heavy (non-hydrogen) atoms. The lowest BCUT2D eigenvalue weighted by Gasteiger charge is -2.25. The highest BCUT2D eigenvalue weighted by molar-refractivity contribution is 7.13. The number of carboxylic acid groups (broad SMARTS) is 1. The highest BCUT2D eigenvalue weighted by Crippen LogP contribution is 2.36. The molecule has 0 saturated carbocycles. The summed E-state index contributed by atoms with van der Waals surface area (Å²) in [4.78, 5) is 53.9. The number of carboxylic acids is 1. The van der Waals surface area contributed by atoms with Crippen LogP contribution in [0.1, 0.15) is 37.9 Å². The number of carbonyl (C=O) groups excluding carboxylic acids is 2. The van der Waals surface area contributed by atoms with Gasteiger partial charge in [-0.3, -0.25) is 19.0 Å². The van der Waals surface area contributed by atoms with Crippen molar-refractivity contribution in [1.82, 2.24) is 14.3 Å². The highest BCUT2D eigenvalue weighted by Gasteiger charge is 2.34. The van der Waals surface area contributed by atoms with Crippen LogP contribution >= 0.6 is 22.7 Å². The van der Waals surface area contributed by atoms with Gasteiger partial charge in [0.25, 0.3) is 11.5 Å². The number of fused-ring (bicyclic) bond motifs is 1. The molecular formula is C34H30N4O8S2. The maximum absolute atomic E-state index is 14.2. The van der Waals surface area contributed by atoms with Gasteiger partial charge in [0.05, 0.1) is 46.6 Å². The molecule has 12 nitrogen and oxygen atoms in total. The van der Waals surface area contributed by atoms with Gasteiger partial charge in [-0.05, 0) is 54.3 Å². The minimum absolute atomic E-state index is 0.213. The quantitative estimate of drug-likeness (QED) is 0.195. The first-order valence-electron chi connectivity index (χ1n) is 14.4. The van der Waals surface area contributed by atoms with Crippen molar-refractivity contribution in [2.45, 2.75) is 26.8 Å². The Morgan fingerprint density at radius 1 is 1.00 bits per heavy atom. The van der Waals surface area contributed by atoms with Gasteiger partial charge in [0.2, 0.25) is 0 Å². The number of esters is 2. The van der Waals surface area contributed by atoms with E-state index in [1.807, 2.05) is 60.1 Å². The number of aliphatic carboxylic acids is 1. The van der Waals surface area contributed by atoms with E-state index in [4.69, 9.17) is 29.2 Å². The largest absolute Gasteiger partial charge is 0.493 e. The molecule has 5 aromatic rings. The maximum Gasteiger partial charge on any atom is 0.338 e. The van der Waals surface area contributed by atoms with Crippen LogP contribution in [0, 0.1) is 0 Å². The fourth-order valence-corrected chi connectivity index (χ4v) is 6.82. The molecule has 2 aromatic carbocycles. The van der Waals surface area contributed by atoms with Gasteiger partial charge in [0.15, 0.2) is 16.3 Å². The Hall–Kier alpha value is -5.60. The van der Waals surface area contributed by atoms with Crippen molar-refractivity contribution in [2.24, 2.45) is 4.99 Å². The number of thiazole rings is 1. The van der Waals surface area contributed by atoms with Crippen molar-refractivity contribution < 1.29 is 33.7 Å². The van der Waals surface area contributed by atoms with Crippen molar-refractivity contribution in [2.75, 3.05) is 14.2 Å². The van der Waals surface area contributed by atoms with E-state index in [-0.39, 0.29) is 22.6 Å². The Morgan fingerprint density at radius 2 is 1.73 bits per heavy atom. The number of hydrogen-bond acceptors (Lipinski definition) is 11. The Balaban J connectivity index is 0.00000107. The number of nitrogens with zero attached hydrogens (tertiary/aromatic N) is 4. The molecule has 3 aromatic heterocycles. The average molecular weight is 687 g/mol. The van der Waals surface area contributed by atoms with E-state index in [2.05, 4.69) is 4.99 Å². The summed E-state index contributed by atoms with van der Waals surface area (Å²) < 4.78 is 19.6. The molecule has 0 amide bonds. The average Bonchev–Trinajstić information content (AvgIpc) is 3.80. The summed E-state index contributed by atoms with van der Waals surface area (Å²) in [6.45, 7) is 4.08. The summed E-state index contributed by atoms with van der Waals surface area (Å²) in [7, 11) is 2.73. The van der Waals surface area contributed by atoms with Crippen molar-refractivity contribution in [3.05, 3.63) is 114 Å². The van der Waals surface area contributed by atoms with Crippen molar-refractivity contribution in [3.8, 4) is 27.8 Å². The third-order valence-electron chi connectivity index (χ3n) is 6.99. The molecule has 1 N–H and O–H groups in total. The van der Waals surface area contributed by atoms with E-state index in [9.17, 15) is 14.4 Å². The predicted octanol–water partition coefficient (Wildman–Crippen LogP) is 4.35. The Kier molecular flexibility index (Phi) is 10.2. The number of thiophene rings is 1. The Bertz CT molecular complexity index is 2210. The minimum Gasteiger partial charge on any atom is -0.493 e. The van der Waals surface area contributed by atoms with Crippen molar-refractivity contribution in [3.63, 3.8) is 0 Å². The first-order valence-corrected chi connectivity index (χ1v) is 16.1. The zero-order valence-corrected chi connectivity index (χ0v) is 28.1. The van der Waals surface area contributed by atoms with Gasteiger partial charge in [-0.25, -0.2) is 14.5 Å². The molecule has 6 rings (SSSR count). The number of allylic oxidation sites excluding steroid dienone is 1.